The van der Waals surface area contributed by atoms with Crippen molar-refractivity contribution >= 4 is 34.5 Å². The lowest BCUT2D eigenvalue weighted by Crippen LogP contribution is -2.13. The van der Waals surface area contributed by atoms with Crippen LogP contribution in [0.5, 0.6) is 0 Å². The first-order valence-corrected chi connectivity index (χ1v) is 7.41. The number of para-hydroxylation sites is 1. The van der Waals surface area contributed by atoms with Gasteiger partial charge in [0.2, 0.25) is 0 Å². The lowest BCUT2D eigenvalue weighted by atomic mass is 10.2. The molecular formula is C15H11ClN2O2S. The van der Waals surface area contributed by atoms with E-state index >= 15 is 0 Å². The molecule has 0 radical (unpaired) electrons. The highest BCUT2D eigenvalue weighted by atomic mass is 35.5. The number of nitrogens with one attached hydrogen (secondary N) is 1. The summed E-state index contributed by atoms with van der Waals surface area (Å²) in [5.74, 6) is 0.121. The van der Waals surface area contributed by atoms with Gasteiger partial charge in [-0.3, -0.25) is 4.79 Å². The van der Waals surface area contributed by atoms with Crippen LogP contribution in [0.3, 0.4) is 0 Å². The number of hydrogen-bond acceptors (Lipinski definition) is 4. The quantitative estimate of drug-likeness (QED) is 0.766. The van der Waals surface area contributed by atoms with Crippen molar-refractivity contribution < 1.29 is 9.21 Å². The number of thiophene rings is 1. The minimum atomic E-state index is -0.349. The number of carbonyl (C=O) groups is 1. The summed E-state index contributed by atoms with van der Waals surface area (Å²) in [6.07, 6.45) is 1.27. The summed E-state index contributed by atoms with van der Waals surface area (Å²) < 4.78 is 5.36. The van der Waals surface area contributed by atoms with Crippen molar-refractivity contribution in [3.8, 4) is 10.6 Å². The Bertz CT molecular complexity index is 794. The molecular weight excluding hydrogens is 308 g/mol. The fraction of sp³-hybridized carbons (Fsp3) is 0.0667. The number of aryl methyl sites for hydroxylation is 1. The third-order valence-electron chi connectivity index (χ3n) is 2.87. The number of oxazole rings is 1. The molecule has 0 unspecified atom stereocenters. The highest BCUT2D eigenvalue weighted by Crippen LogP contribution is 2.31. The van der Waals surface area contributed by atoms with E-state index in [0.29, 0.717) is 16.5 Å². The lowest BCUT2D eigenvalue weighted by Gasteiger charge is -2.05. The van der Waals surface area contributed by atoms with Crippen LogP contribution >= 0.6 is 22.9 Å². The Balaban J connectivity index is 1.90. The van der Waals surface area contributed by atoms with E-state index in [1.807, 2.05) is 19.1 Å². The van der Waals surface area contributed by atoms with E-state index in [2.05, 4.69) is 10.3 Å². The summed E-state index contributed by atoms with van der Waals surface area (Å²) in [7, 11) is 0. The van der Waals surface area contributed by atoms with Crippen LogP contribution in [0, 0.1) is 6.92 Å². The van der Waals surface area contributed by atoms with E-state index in [1.54, 1.807) is 35.6 Å². The maximum Gasteiger partial charge on any atom is 0.278 e. The normalized spacial score (nSPS) is 10.6. The zero-order chi connectivity index (χ0) is 14.8. The predicted molar refractivity (Wildman–Crippen MR) is 84.0 cm³/mol. The molecule has 0 spiro atoms. The van der Waals surface area contributed by atoms with E-state index in [9.17, 15) is 4.79 Å². The number of carbonyl (C=O) groups excluding carboxylic acids is 1. The third kappa shape index (κ3) is 2.84. The summed E-state index contributed by atoms with van der Waals surface area (Å²) in [4.78, 5) is 18.4. The van der Waals surface area contributed by atoms with Gasteiger partial charge < -0.3 is 9.73 Å². The molecule has 0 aliphatic rings. The Morgan fingerprint density at radius 1 is 1.29 bits per heavy atom. The van der Waals surface area contributed by atoms with E-state index in [0.717, 1.165) is 9.75 Å². The zero-order valence-electron chi connectivity index (χ0n) is 11.1. The average Bonchev–Trinajstić information content (AvgIpc) is 3.09. The number of halogens is 1. The smallest absolute Gasteiger partial charge is 0.278 e. The van der Waals surface area contributed by atoms with Gasteiger partial charge in [-0.05, 0) is 31.2 Å². The predicted octanol–water partition coefficient (Wildman–Crippen LogP) is 4.62. The van der Waals surface area contributed by atoms with Gasteiger partial charge in [-0.25, -0.2) is 4.98 Å². The van der Waals surface area contributed by atoms with Crippen LogP contribution in [0.25, 0.3) is 10.6 Å². The second-order valence-corrected chi connectivity index (χ2v) is 6.07. The summed E-state index contributed by atoms with van der Waals surface area (Å²) >= 11 is 7.58. The molecule has 1 aromatic carbocycles. The first kappa shape index (κ1) is 13.9. The molecule has 1 N–H and O–H groups in total. The average molecular weight is 319 g/mol. The first-order chi connectivity index (χ1) is 10.1. The monoisotopic (exact) mass is 318 g/mol. The van der Waals surface area contributed by atoms with Gasteiger partial charge in [0.05, 0.1) is 15.6 Å². The van der Waals surface area contributed by atoms with Crippen LogP contribution in [0.2, 0.25) is 5.02 Å². The van der Waals surface area contributed by atoms with Gasteiger partial charge in [0.25, 0.3) is 5.91 Å². The molecule has 4 nitrogen and oxygen atoms in total. The van der Waals surface area contributed by atoms with Crippen LogP contribution in [-0.2, 0) is 0 Å². The standard InChI is InChI=1S/C15H11ClN2O2S/c1-9-6-7-12(21-9)14-13(17-8-20-14)15(19)18-11-5-3-2-4-10(11)16/h2-8H,1H3,(H,18,19). The molecule has 0 bridgehead atoms. The SMILES string of the molecule is Cc1ccc(-c2ocnc2C(=O)Nc2ccccc2Cl)s1. The van der Waals surface area contributed by atoms with Crippen molar-refractivity contribution in [2.45, 2.75) is 6.92 Å². The summed E-state index contributed by atoms with van der Waals surface area (Å²) in [6.45, 7) is 1.99. The summed E-state index contributed by atoms with van der Waals surface area (Å²) in [6, 6.07) is 10.9. The van der Waals surface area contributed by atoms with E-state index in [-0.39, 0.29) is 11.6 Å². The molecule has 0 saturated heterocycles. The van der Waals surface area contributed by atoms with Crippen molar-refractivity contribution in [2.75, 3.05) is 5.32 Å². The highest BCUT2D eigenvalue weighted by molar-refractivity contribution is 7.15. The number of benzene rings is 1. The molecule has 2 heterocycles. The second-order valence-electron chi connectivity index (χ2n) is 4.37. The number of anilines is 1. The van der Waals surface area contributed by atoms with Gasteiger partial charge in [0.15, 0.2) is 17.8 Å². The molecule has 3 aromatic rings. The van der Waals surface area contributed by atoms with Crippen LogP contribution in [0.1, 0.15) is 15.4 Å². The molecule has 1 amide bonds. The molecule has 0 aliphatic heterocycles. The first-order valence-electron chi connectivity index (χ1n) is 6.21. The molecule has 0 fully saturated rings. The van der Waals surface area contributed by atoms with Gasteiger partial charge in [0.1, 0.15) is 0 Å². The van der Waals surface area contributed by atoms with Crippen LogP contribution < -0.4 is 5.32 Å². The Morgan fingerprint density at radius 2 is 2.10 bits per heavy atom. The number of amides is 1. The van der Waals surface area contributed by atoms with E-state index < -0.39 is 0 Å². The van der Waals surface area contributed by atoms with E-state index in [1.165, 1.54) is 6.39 Å². The minimum Gasteiger partial charge on any atom is -0.442 e. The molecule has 6 heteroatoms. The molecule has 21 heavy (non-hydrogen) atoms. The number of rotatable bonds is 3. The second kappa shape index (κ2) is 5.71. The fourth-order valence-corrected chi connectivity index (χ4v) is 2.92. The van der Waals surface area contributed by atoms with Crippen molar-refractivity contribution in [2.24, 2.45) is 0 Å². The lowest BCUT2D eigenvalue weighted by molar-refractivity contribution is 0.102. The van der Waals surface area contributed by atoms with Crippen LogP contribution in [0.4, 0.5) is 5.69 Å². The van der Waals surface area contributed by atoms with Gasteiger partial charge in [-0.1, -0.05) is 23.7 Å². The van der Waals surface area contributed by atoms with E-state index in [4.69, 9.17) is 16.0 Å². The van der Waals surface area contributed by atoms with Crippen molar-refractivity contribution in [1.82, 2.24) is 4.98 Å². The van der Waals surface area contributed by atoms with Crippen molar-refractivity contribution in [3.63, 3.8) is 0 Å². The molecule has 106 valence electrons. The Hall–Kier alpha value is -2.11. The fourth-order valence-electron chi connectivity index (χ4n) is 1.88. The Morgan fingerprint density at radius 3 is 2.81 bits per heavy atom. The molecule has 0 saturated carbocycles. The van der Waals surface area contributed by atoms with Gasteiger partial charge in [0, 0.05) is 4.88 Å². The Labute approximate surface area is 130 Å². The zero-order valence-corrected chi connectivity index (χ0v) is 12.7. The van der Waals surface area contributed by atoms with Crippen molar-refractivity contribution in [3.05, 3.63) is 58.4 Å². The molecule has 0 aliphatic carbocycles. The van der Waals surface area contributed by atoms with Gasteiger partial charge in [-0.15, -0.1) is 11.3 Å². The third-order valence-corrected chi connectivity index (χ3v) is 4.20. The molecule has 2 aromatic heterocycles. The van der Waals surface area contributed by atoms with Gasteiger partial charge in [-0.2, -0.15) is 0 Å². The topological polar surface area (TPSA) is 55.1 Å². The van der Waals surface area contributed by atoms with Crippen molar-refractivity contribution in [1.29, 1.82) is 0 Å². The minimum absolute atomic E-state index is 0.247. The number of hydrogen-bond donors (Lipinski definition) is 1. The van der Waals surface area contributed by atoms with Crippen LogP contribution in [0.15, 0.2) is 47.2 Å². The maximum absolute atomic E-state index is 12.3. The summed E-state index contributed by atoms with van der Waals surface area (Å²) in [5.41, 5.74) is 0.789. The summed E-state index contributed by atoms with van der Waals surface area (Å²) in [5, 5.41) is 3.22. The van der Waals surface area contributed by atoms with Crippen LogP contribution in [-0.4, -0.2) is 10.9 Å². The molecule has 0 atom stereocenters. The number of nitrogens with zero attached hydrogens (tertiary/aromatic N) is 1. The molecule has 3 rings (SSSR count). The Kier molecular flexibility index (Phi) is 3.77. The largest absolute Gasteiger partial charge is 0.442 e. The van der Waals surface area contributed by atoms with Gasteiger partial charge >= 0.3 is 0 Å². The highest BCUT2D eigenvalue weighted by Gasteiger charge is 2.20. The maximum atomic E-state index is 12.3. The number of aromatic nitrogens is 1.